The minimum atomic E-state index is -2.16. The van der Waals surface area contributed by atoms with E-state index in [4.69, 9.17) is 9.47 Å². The average molecular weight is 751 g/mol. The van der Waals surface area contributed by atoms with Crippen LogP contribution in [0.15, 0.2) is 48.6 Å². The highest BCUT2D eigenvalue weighted by atomic mass is 16.6. The molecule has 1 spiro atoms. The van der Waals surface area contributed by atoms with Gasteiger partial charge in [-0.15, -0.1) is 0 Å². The Balaban J connectivity index is 1.30. The standard InChI is InChI=1S/C45H58N4O6/c1-8-42(52)24-29-23-41(5,36-31(15-19-48(25-29)26-42)30-13-10-11-14-34(30)46-36)32-22-33-35(21-27(32)3)47(6)38-44(33)17-20-49-18-12-16-43(9-2,37(44)49)39(55-28(4)50)45(38,53)40(51)54-7/h10-14,16,21-22,29,37-39,46,52-53H,8-9,15,17-20,23-26H2,1-7H3/t29-,37+,38-,39-,41-,42+,43-,44-,45+/m1/s1. The maximum Gasteiger partial charge on any atom is 0.344 e. The molecule has 1 aliphatic carbocycles. The van der Waals surface area contributed by atoms with Gasteiger partial charge in [0.1, 0.15) is 0 Å². The van der Waals surface area contributed by atoms with Crippen LogP contribution >= 0.6 is 0 Å². The maximum absolute atomic E-state index is 14.3. The fourth-order valence-corrected chi connectivity index (χ4v) is 13.5. The molecule has 10 nitrogen and oxygen atoms in total. The van der Waals surface area contributed by atoms with E-state index in [2.05, 4.69) is 95.9 Å². The molecule has 3 N–H and O–H groups in total. The number of nitrogens with one attached hydrogen (secondary N) is 1. The summed E-state index contributed by atoms with van der Waals surface area (Å²) in [7, 11) is 3.29. The van der Waals surface area contributed by atoms with Crippen molar-refractivity contribution < 1.29 is 29.3 Å². The summed E-state index contributed by atoms with van der Waals surface area (Å²) in [4.78, 5) is 38.3. The Morgan fingerprint density at radius 1 is 1.04 bits per heavy atom. The summed E-state index contributed by atoms with van der Waals surface area (Å²) in [5.74, 6) is -1.05. The summed E-state index contributed by atoms with van der Waals surface area (Å²) in [6.07, 6.45) is 7.61. The predicted octanol–water partition coefficient (Wildman–Crippen LogP) is 5.14. The Kier molecular flexibility index (Phi) is 8.32. The van der Waals surface area contributed by atoms with E-state index in [1.54, 1.807) is 0 Å². The average Bonchev–Trinajstić information content (AvgIpc) is 3.82. The number of methoxy groups -OCH3 is 1. The molecule has 6 aliphatic rings. The molecule has 5 aliphatic heterocycles. The largest absolute Gasteiger partial charge is 0.467 e. The van der Waals surface area contributed by atoms with Crippen LogP contribution in [-0.4, -0.2) is 113 Å². The number of para-hydroxylation sites is 1. The van der Waals surface area contributed by atoms with Crippen molar-refractivity contribution >= 4 is 28.5 Å². The van der Waals surface area contributed by atoms with E-state index in [9.17, 15) is 19.8 Å². The molecule has 2 aromatic carbocycles. The van der Waals surface area contributed by atoms with Crippen LogP contribution in [0.3, 0.4) is 0 Å². The lowest BCUT2D eigenvalue weighted by Gasteiger charge is -2.63. The number of aryl methyl sites for hydroxylation is 1. The second kappa shape index (κ2) is 12.4. The normalized spacial score (nSPS) is 39.0. The molecule has 1 saturated carbocycles. The van der Waals surface area contributed by atoms with Crippen LogP contribution in [0.2, 0.25) is 0 Å². The van der Waals surface area contributed by atoms with Crippen LogP contribution < -0.4 is 4.90 Å². The molecule has 0 amide bonds. The number of hydrogen-bond donors (Lipinski definition) is 3. The number of carbonyl (C=O) groups excluding carboxylic acids is 2. The number of aromatic amines is 1. The molecule has 10 atom stereocenters. The van der Waals surface area contributed by atoms with Crippen molar-refractivity contribution in [3.05, 3.63) is 76.5 Å². The highest BCUT2D eigenvalue weighted by Gasteiger charge is 2.80. The van der Waals surface area contributed by atoms with Crippen LogP contribution in [0.5, 0.6) is 0 Å². The van der Waals surface area contributed by atoms with Crippen LogP contribution in [-0.2, 0) is 36.3 Å². The number of aromatic nitrogens is 1. The number of ether oxygens (including phenoxy) is 2. The zero-order chi connectivity index (χ0) is 38.9. The van der Waals surface area contributed by atoms with Gasteiger partial charge in [-0.25, -0.2) is 4.79 Å². The lowest BCUT2D eigenvalue weighted by Crippen LogP contribution is -2.81. The maximum atomic E-state index is 14.3. The van der Waals surface area contributed by atoms with Gasteiger partial charge >= 0.3 is 11.9 Å². The number of piperidine rings is 1. The van der Waals surface area contributed by atoms with Gasteiger partial charge in [-0.1, -0.05) is 50.3 Å². The smallest absolute Gasteiger partial charge is 0.344 e. The quantitative estimate of drug-likeness (QED) is 0.241. The van der Waals surface area contributed by atoms with E-state index in [1.165, 1.54) is 36.2 Å². The van der Waals surface area contributed by atoms with Crippen LogP contribution in [0.25, 0.3) is 10.9 Å². The van der Waals surface area contributed by atoms with Gasteiger partial charge in [0.05, 0.1) is 18.8 Å². The zero-order valence-electron chi connectivity index (χ0n) is 33.6. The lowest BCUT2D eigenvalue weighted by molar-refractivity contribution is -0.228. The van der Waals surface area contributed by atoms with Crippen molar-refractivity contribution in [2.75, 3.05) is 51.8 Å². The molecule has 2 bridgehead atoms. The number of benzene rings is 2. The SMILES string of the molecule is CC[C@]1(O)C[C@@H]2CN(CCc3c([nH]c4ccccc34)[C@@](C)(c3cc4c(cc3C)N(C)[C@H]3[C@@](O)(C(=O)OC)[C@H](OC(C)=O)[C@]5(CC)C=CCN6CC[C@]43[C@@H]65)C2)C1. The van der Waals surface area contributed by atoms with Gasteiger partial charge in [0.2, 0.25) is 5.60 Å². The van der Waals surface area contributed by atoms with Crippen molar-refractivity contribution in [1.29, 1.82) is 0 Å². The van der Waals surface area contributed by atoms with Gasteiger partial charge < -0.3 is 29.6 Å². The van der Waals surface area contributed by atoms with Gasteiger partial charge in [-0.2, -0.15) is 0 Å². The Hall–Kier alpha value is -3.70. The van der Waals surface area contributed by atoms with Gasteiger partial charge in [-0.05, 0) is 99.2 Å². The minimum Gasteiger partial charge on any atom is -0.467 e. The van der Waals surface area contributed by atoms with E-state index < -0.39 is 51.5 Å². The molecule has 2 saturated heterocycles. The summed E-state index contributed by atoms with van der Waals surface area (Å²) < 4.78 is 11.7. The highest BCUT2D eigenvalue weighted by Crippen LogP contribution is 2.68. The number of fused-ring (bicyclic) bond motifs is 6. The molecule has 1 aromatic heterocycles. The number of nitrogens with zero attached hydrogens (tertiary/aromatic N) is 3. The second-order valence-corrected chi connectivity index (χ2v) is 18.3. The third-order valence-corrected chi connectivity index (χ3v) is 15.5. The number of rotatable bonds is 5. The molecule has 9 rings (SSSR count). The number of anilines is 1. The van der Waals surface area contributed by atoms with E-state index >= 15 is 0 Å². The van der Waals surface area contributed by atoms with E-state index in [-0.39, 0.29) is 12.0 Å². The van der Waals surface area contributed by atoms with Gasteiger partial charge in [0.15, 0.2) is 6.10 Å². The molecule has 55 heavy (non-hydrogen) atoms. The molecule has 0 radical (unpaired) electrons. The third kappa shape index (κ3) is 4.80. The van der Waals surface area contributed by atoms with Crippen molar-refractivity contribution in [1.82, 2.24) is 14.8 Å². The molecular formula is C45H58N4O6. The van der Waals surface area contributed by atoms with Gasteiger partial charge in [-0.3, -0.25) is 14.6 Å². The predicted molar refractivity (Wildman–Crippen MR) is 212 cm³/mol. The van der Waals surface area contributed by atoms with E-state index in [0.717, 1.165) is 80.6 Å². The Morgan fingerprint density at radius 2 is 1.82 bits per heavy atom. The molecule has 6 heterocycles. The first-order chi connectivity index (χ1) is 26.2. The fraction of sp³-hybridized carbons (Fsp3) is 0.600. The fourth-order valence-electron chi connectivity index (χ4n) is 13.5. The van der Waals surface area contributed by atoms with Crippen molar-refractivity contribution in [2.45, 2.75) is 113 Å². The Bertz CT molecular complexity index is 2110. The number of likely N-dealkylation sites (N-methyl/N-ethyl adjacent to an activating group) is 1. The van der Waals surface area contributed by atoms with Crippen LogP contribution in [0, 0.1) is 18.3 Å². The first-order valence-corrected chi connectivity index (χ1v) is 20.5. The molecule has 1 unspecified atom stereocenters. The molecule has 3 aromatic rings. The first kappa shape index (κ1) is 36.9. The first-order valence-electron chi connectivity index (χ1n) is 20.5. The number of carbonyl (C=O) groups is 2. The summed E-state index contributed by atoms with van der Waals surface area (Å²) in [5, 5.41) is 26.4. The van der Waals surface area contributed by atoms with Crippen LogP contribution in [0.4, 0.5) is 5.69 Å². The number of hydrogen-bond acceptors (Lipinski definition) is 9. The molecule has 3 fully saturated rings. The zero-order valence-corrected chi connectivity index (χ0v) is 33.6. The molecule has 10 heteroatoms. The van der Waals surface area contributed by atoms with Crippen molar-refractivity contribution in [2.24, 2.45) is 11.3 Å². The second-order valence-electron chi connectivity index (χ2n) is 18.3. The summed E-state index contributed by atoms with van der Waals surface area (Å²) in [6, 6.07) is 12.5. The number of esters is 2. The van der Waals surface area contributed by atoms with E-state index in [0.29, 0.717) is 13.0 Å². The van der Waals surface area contributed by atoms with E-state index in [1.807, 2.05) is 7.05 Å². The summed E-state index contributed by atoms with van der Waals surface area (Å²) >= 11 is 0. The van der Waals surface area contributed by atoms with Gasteiger partial charge in [0, 0.05) is 84.7 Å². The van der Waals surface area contributed by atoms with Crippen LogP contribution in [0.1, 0.15) is 87.7 Å². The lowest BCUT2D eigenvalue weighted by atomic mass is 9.47. The number of H-pyrrole nitrogens is 1. The Labute approximate surface area is 324 Å². The summed E-state index contributed by atoms with van der Waals surface area (Å²) in [6.45, 7) is 14.2. The minimum absolute atomic E-state index is 0.142. The third-order valence-electron chi connectivity index (χ3n) is 15.5. The van der Waals surface area contributed by atoms with Crippen molar-refractivity contribution in [3.8, 4) is 0 Å². The molecule has 294 valence electrons. The topological polar surface area (TPSA) is 119 Å². The monoisotopic (exact) mass is 750 g/mol. The summed E-state index contributed by atoms with van der Waals surface area (Å²) in [5.41, 5.74) is 3.36. The van der Waals surface area contributed by atoms with Gasteiger partial charge in [0.25, 0.3) is 0 Å². The van der Waals surface area contributed by atoms with Crippen molar-refractivity contribution in [3.63, 3.8) is 0 Å². The highest BCUT2D eigenvalue weighted by molar-refractivity contribution is 5.88. The molecular weight excluding hydrogens is 693 g/mol. The Morgan fingerprint density at radius 3 is 2.55 bits per heavy atom. The number of aliphatic hydroxyl groups is 2.